The number of nitrogens with zero attached hydrogens (tertiary/aromatic N) is 1. The standard InChI is InChI=1S/C13H20N2O3S/c1-2-18-12(16)7-11-9-19-13(15-11)14-5-6-17-8-10-3-4-10/h9-10H,2-8H2,1H3,(H,14,15). The smallest absolute Gasteiger partial charge is 0.311 e. The molecule has 2 rings (SSSR count). The van der Waals surface area contributed by atoms with Crippen molar-refractivity contribution in [2.24, 2.45) is 5.92 Å². The van der Waals surface area contributed by atoms with Gasteiger partial charge in [0.25, 0.3) is 0 Å². The zero-order valence-corrected chi connectivity index (χ0v) is 12.0. The summed E-state index contributed by atoms with van der Waals surface area (Å²) in [6.45, 7) is 4.54. The molecule has 1 aliphatic rings. The van der Waals surface area contributed by atoms with Crippen LogP contribution >= 0.6 is 11.3 Å². The Bertz CT molecular complexity index is 404. The molecule has 1 aromatic heterocycles. The van der Waals surface area contributed by atoms with E-state index in [1.165, 1.54) is 24.2 Å². The van der Waals surface area contributed by atoms with Crippen molar-refractivity contribution in [1.29, 1.82) is 0 Å². The summed E-state index contributed by atoms with van der Waals surface area (Å²) in [6.07, 6.45) is 2.87. The molecule has 1 N–H and O–H groups in total. The summed E-state index contributed by atoms with van der Waals surface area (Å²) in [5, 5.41) is 5.90. The lowest BCUT2D eigenvalue weighted by Gasteiger charge is -2.03. The summed E-state index contributed by atoms with van der Waals surface area (Å²) < 4.78 is 10.4. The lowest BCUT2D eigenvalue weighted by atomic mass is 10.3. The summed E-state index contributed by atoms with van der Waals surface area (Å²) in [5.74, 6) is 0.572. The van der Waals surface area contributed by atoms with Gasteiger partial charge in [0.05, 0.1) is 25.3 Å². The van der Waals surface area contributed by atoms with Crippen LogP contribution < -0.4 is 5.32 Å². The van der Waals surface area contributed by atoms with Gasteiger partial charge in [-0.15, -0.1) is 11.3 Å². The van der Waals surface area contributed by atoms with Gasteiger partial charge in [0.15, 0.2) is 5.13 Å². The van der Waals surface area contributed by atoms with E-state index in [9.17, 15) is 4.79 Å². The van der Waals surface area contributed by atoms with Gasteiger partial charge in [0, 0.05) is 18.5 Å². The molecule has 0 spiro atoms. The Balaban J connectivity index is 1.60. The molecule has 1 fully saturated rings. The third kappa shape index (κ3) is 5.57. The second-order valence-electron chi connectivity index (χ2n) is 4.57. The lowest BCUT2D eigenvalue weighted by Crippen LogP contribution is -2.11. The third-order valence-electron chi connectivity index (χ3n) is 2.76. The molecule has 0 aromatic carbocycles. The Hall–Kier alpha value is -1.14. The second-order valence-corrected chi connectivity index (χ2v) is 5.43. The first kappa shape index (κ1) is 14.3. The highest BCUT2D eigenvalue weighted by molar-refractivity contribution is 7.13. The summed E-state index contributed by atoms with van der Waals surface area (Å²) in [6, 6.07) is 0. The fourth-order valence-corrected chi connectivity index (χ4v) is 2.33. The largest absolute Gasteiger partial charge is 0.466 e. The van der Waals surface area contributed by atoms with Gasteiger partial charge in [0.2, 0.25) is 0 Å². The molecule has 1 saturated carbocycles. The van der Waals surface area contributed by atoms with E-state index < -0.39 is 0 Å². The molecule has 1 aliphatic carbocycles. The zero-order chi connectivity index (χ0) is 13.5. The summed E-state index contributed by atoms with van der Waals surface area (Å²) in [4.78, 5) is 15.6. The molecule has 1 aromatic rings. The molecule has 0 saturated heterocycles. The minimum atomic E-state index is -0.230. The van der Waals surface area contributed by atoms with Crippen LogP contribution in [0.3, 0.4) is 0 Å². The Kier molecular flexibility index (Phi) is 5.60. The third-order valence-corrected chi connectivity index (χ3v) is 3.60. The van der Waals surface area contributed by atoms with Crippen LogP contribution in [-0.2, 0) is 20.7 Å². The van der Waals surface area contributed by atoms with Gasteiger partial charge < -0.3 is 14.8 Å². The van der Waals surface area contributed by atoms with Gasteiger partial charge in [0.1, 0.15) is 0 Å². The number of carbonyl (C=O) groups is 1. The minimum Gasteiger partial charge on any atom is -0.466 e. The van der Waals surface area contributed by atoms with Crippen molar-refractivity contribution in [3.63, 3.8) is 0 Å². The van der Waals surface area contributed by atoms with Crippen LogP contribution in [0.5, 0.6) is 0 Å². The van der Waals surface area contributed by atoms with E-state index in [1.807, 2.05) is 5.38 Å². The van der Waals surface area contributed by atoms with Gasteiger partial charge >= 0.3 is 5.97 Å². The fourth-order valence-electron chi connectivity index (χ4n) is 1.59. The van der Waals surface area contributed by atoms with Crippen molar-refractivity contribution in [1.82, 2.24) is 4.98 Å². The Morgan fingerprint density at radius 3 is 3.16 bits per heavy atom. The fraction of sp³-hybridized carbons (Fsp3) is 0.692. The Labute approximate surface area is 117 Å². The van der Waals surface area contributed by atoms with Crippen LogP contribution in [0.1, 0.15) is 25.5 Å². The highest BCUT2D eigenvalue weighted by atomic mass is 32.1. The normalized spacial score (nSPS) is 14.4. The number of esters is 1. The topological polar surface area (TPSA) is 60.5 Å². The molecule has 0 unspecified atom stereocenters. The average Bonchev–Trinajstić information content (AvgIpc) is 3.10. The number of anilines is 1. The number of rotatable bonds is 9. The van der Waals surface area contributed by atoms with Crippen molar-refractivity contribution in [3.05, 3.63) is 11.1 Å². The summed E-state index contributed by atoms with van der Waals surface area (Å²) in [7, 11) is 0. The first-order chi connectivity index (χ1) is 9.28. The molecule has 5 nitrogen and oxygen atoms in total. The lowest BCUT2D eigenvalue weighted by molar-refractivity contribution is -0.142. The Morgan fingerprint density at radius 1 is 1.58 bits per heavy atom. The van der Waals surface area contributed by atoms with Gasteiger partial charge in [-0.2, -0.15) is 0 Å². The first-order valence-corrected chi connectivity index (χ1v) is 7.57. The van der Waals surface area contributed by atoms with Gasteiger partial charge in [-0.05, 0) is 25.7 Å². The average molecular weight is 284 g/mol. The van der Waals surface area contributed by atoms with E-state index in [-0.39, 0.29) is 12.4 Å². The van der Waals surface area contributed by atoms with E-state index in [0.29, 0.717) is 13.2 Å². The number of carbonyl (C=O) groups excluding carboxylic acids is 1. The first-order valence-electron chi connectivity index (χ1n) is 6.69. The van der Waals surface area contributed by atoms with Crippen molar-refractivity contribution in [2.75, 3.05) is 31.7 Å². The van der Waals surface area contributed by atoms with E-state index in [1.54, 1.807) is 6.92 Å². The van der Waals surface area contributed by atoms with Crippen molar-refractivity contribution in [3.8, 4) is 0 Å². The number of hydrogen-bond donors (Lipinski definition) is 1. The molecular formula is C13H20N2O3S. The monoisotopic (exact) mass is 284 g/mol. The quantitative estimate of drug-likeness (QED) is 0.556. The summed E-state index contributed by atoms with van der Waals surface area (Å²) in [5.41, 5.74) is 0.754. The molecule has 0 amide bonds. The predicted molar refractivity (Wildman–Crippen MR) is 74.5 cm³/mol. The molecule has 0 atom stereocenters. The number of hydrogen-bond acceptors (Lipinski definition) is 6. The molecule has 0 bridgehead atoms. The predicted octanol–water partition coefficient (Wildman–Crippen LogP) is 2.09. The van der Waals surface area contributed by atoms with Crippen LogP contribution in [0.2, 0.25) is 0 Å². The van der Waals surface area contributed by atoms with Crippen molar-refractivity contribution >= 4 is 22.4 Å². The van der Waals surface area contributed by atoms with Crippen LogP contribution in [0.25, 0.3) is 0 Å². The maximum atomic E-state index is 11.3. The molecule has 0 radical (unpaired) electrons. The SMILES string of the molecule is CCOC(=O)Cc1csc(NCCOCC2CC2)n1. The van der Waals surface area contributed by atoms with E-state index in [2.05, 4.69) is 10.3 Å². The molecule has 1 heterocycles. The van der Waals surface area contributed by atoms with Crippen molar-refractivity contribution in [2.45, 2.75) is 26.2 Å². The highest BCUT2D eigenvalue weighted by Gasteiger charge is 2.20. The summed E-state index contributed by atoms with van der Waals surface area (Å²) >= 11 is 1.50. The maximum Gasteiger partial charge on any atom is 0.311 e. The number of ether oxygens (including phenoxy) is 2. The van der Waals surface area contributed by atoms with Gasteiger partial charge in [-0.25, -0.2) is 4.98 Å². The molecule has 106 valence electrons. The Morgan fingerprint density at radius 2 is 2.42 bits per heavy atom. The number of nitrogens with one attached hydrogen (secondary N) is 1. The van der Waals surface area contributed by atoms with E-state index >= 15 is 0 Å². The molecule has 19 heavy (non-hydrogen) atoms. The van der Waals surface area contributed by atoms with E-state index in [4.69, 9.17) is 9.47 Å². The van der Waals surface area contributed by atoms with Crippen LogP contribution in [0.4, 0.5) is 5.13 Å². The zero-order valence-electron chi connectivity index (χ0n) is 11.2. The van der Waals surface area contributed by atoms with Crippen LogP contribution in [0.15, 0.2) is 5.38 Å². The highest BCUT2D eigenvalue weighted by Crippen LogP contribution is 2.28. The molecule has 6 heteroatoms. The minimum absolute atomic E-state index is 0.230. The van der Waals surface area contributed by atoms with Gasteiger partial charge in [-0.1, -0.05) is 0 Å². The van der Waals surface area contributed by atoms with Crippen molar-refractivity contribution < 1.29 is 14.3 Å². The van der Waals surface area contributed by atoms with E-state index in [0.717, 1.165) is 29.9 Å². The molecular weight excluding hydrogens is 264 g/mol. The second kappa shape index (κ2) is 7.45. The number of aromatic nitrogens is 1. The number of thiazole rings is 1. The maximum absolute atomic E-state index is 11.3. The van der Waals surface area contributed by atoms with Crippen LogP contribution in [-0.4, -0.2) is 37.3 Å². The van der Waals surface area contributed by atoms with Crippen LogP contribution in [0, 0.1) is 5.92 Å². The van der Waals surface area contributed by atoms with Gasteiger partial charge in [-0.3, -0.25) is 4.79 Å². The molecule has 0 aliphatic heterocycles.